The van der Waals surface area contributed by atoms with Gasteiger partial charge >= 0.3 is 6.18 Å². The molecular formula is C11H7BrClF3N2. The summed E-state index contributed by atoms with van der Waals surface area (Å²) in [6.07, 6.45) is -3.34. The Balaban J connectivity index is 2.39. The second kappa shape index (κ2) is 4.93. The van der Waals surface area contributed by atoms with Crippen LogP contribution in [0.15, 0.2) is 34.9 Å². The third-order valence-electron chi connectivity index (χ3n) is 2.34. The van der Waals surface area contributed by atoms with Crippen LogP contribution in [0.2, 0.25) is 5.02 Å². The van der Waals surface area contributed by atoms with Gasteiger partial charge in [-0.3, -0.25) is 4.68 Å². The second-order valence-electron chi connectivity index (χ2n) is 3.59. The molecule has 1 heterocycles. The van der Waals surface area contributed by atoms with E-state index in [1.807, 2.05) is 0 Å². The summed E-state index contributed by atoms with van der Waals surface area (Å²) in [6.45, 7) is -0.0277. The Hall–Kier alpha value is -1.01. The fourth-order valence-electron chi connectivity index (χ4n) is 1.55. The smallest absolute Gasteiger partial charge is 0.255 e. The van der Waals surface area contributed by atoms with Crippen LogP contribution in [0.4, 0.5) is 13.2 Å². The van der Waals surface area contributed by atoms with Crippen molar-refractivity contribution in [2.24, 2.45) is 0 Å². The summed E-state index contributed by atoms with van der Waals surface area (Å²) in [6, 6.07) is 6.73. The van der Waals surface area contributed by atoms with Crippen LogP contribution in [0, 0.1) is 0 Å². The lowest BCUT2D eigenvalue weighted by Gasteiger charge is -2.11. The highest BCUT2D eigenvalue weighted by molar-refractivity contribution is 9.10. The molecule has 2 rings (SSSR count). The van der Waals surface area contributed by atoms with Gasteiger partial charge in [0.2, 0.25) is 0 Å². The Morgan fingerprint density at radius 2 is 1.94 bits per heavy atom. The van der Waals surface area contributed by atoms with Gasteiger partial charge < -0.3 is 0 Å². The number of halogens is 5. The molecule has 0 radical (unpaired) electrons. The molecule has 0 spiro atoms. The highest BCUT2D eigenvalue weighted by atomic mass is 79.9. The molecule has 0 fully saturated rings. The fraction of sp³-hybridized carbons (Fsp3) is 0.182. The minimum Gasteiger partial charge on any atom is -0.255 e. The lowest BCUT2D eigenvalue weighted by molar-refractivity contribution is -0.144. The van der Waals surface area contributed by atoms with Crippen LogP contribution in [0.3, 0.4) is 0 Å². The Morgan fingerprint density at radius 3 is 2.56 bits per heavy atom. The second-order valence-corrected chi connectivity index (χ2v) is 4.85. The first-order valence-electron chi connectivity index (χ1n) is 4.91. The molecule has 1 aromatic carbocycles. The number of alkyl halides is 3. The Kier molecular flexibility index (Phi) is 3.68. The van der Waals surface area contributed by atoms with Crippen molar-refractivity contribution >= 4 is 27.5 Å². The third kappa shape index (κ3) is 2.70. The summed E-state index contributed by atoms with van der Waals surface area (Å²) in [5, 5.41) is 4.12. The van der Waals surface area contributed by atoms with E-state index in [2.05, 4.69) is 21.0 Å². The van der Waals surface area contributed by atoms with Crippen LogP contribution < -0.4 is 0 Å². The van der Waals surface area contributed by atoms with E-state index < -0.39 is 11.9 Å². The van der Waals surface area contributed by atoms with E-state index in [1.54, 1.807) is 24.3 Å². The molecule has 0 bridgehead atoms. The van der Waals surface area contributed by atoms with Crippen molar-refractivity contribution in [2.75, 3.05) is 0 Å². The monoisotopic (exact) mass is 338 g/mol. The van der Waals surface area contributed by atoms with Crippen LogP contribution in [-0.4, -0.2) is 9.78 Å². The predicted molar refractivity (Wildman–Crippen MR) is 65.5 cm³/mol. The van der Waals surface area contributed by atoms with Crippen LogP contribution in [0.5, 0.6) is 0 Å². The first-order chi connectivity index (χ1) is 8.39. The molecule has 0 aliphatic heterocycles. The maximum atomic E-state index is 12.8. The van der Waals surface area contributed by atoms with Crippen molar-refractivity contribution in [1.29, 1.82) is 0 Å². The summed E-state index contributed by atoms with van der Waals surface area (Å²) in [7, 11) is 0. The van der Waals surface area contributed by atoms with Crippen molar-refractivity contribution in [2.45, 2.75) is 12.7 Å². The lowest BCUT2D eigenvalue weighted by Crippen LogP contribution is -2.16. The number of nitrogens with zero attached hydrogens (tertiary/aromatic N) is 2. The van der Waals surface area contributed by atoms with Gasteiger partial charge in [0.25, 0.3) is 0 Å². The molecule has 0 amide bonds. The van der Waals surface area contributed by atoms with Gasteiger partial charge in [0.1, 0.15) is 0 Å². The van der Waals surface area contributed by atoms with E-state index in [9.17, 15) is 13.2 Å². The van der Waals surface area contributed by atoms with Gasteiger partial charge in [0.05, 0.1) is 17.2 Å². The van der Waals surface area contributed by atoms with E-state index >= 15 is 0 Å². The third-order valence-corrected chi connectivity index (χ3v) is 3.29. The number of aromatic nitrogens is 2. The van der Waals surface area contributed by atoms with Crippen molar-refractivity contribution in [3.8, 4) is 0 Å². The fourth-order valence-corrected chi connectivity index (χ4v) is 2.27. The summed E-state index contributed by atoms with van der Waals surface area (Å²) in [4.78, 5) is 0. The standard InChI is InChI=1S/C11H7BrClF3N2/c12-8-5-17-18(10(8)11(14,15)16)6-7-3-1-2-4-9(7)13/h1-5H,6H2. The van der Waals surface area contributed by atoms with Crippen LogP contribution in [-0.2, 0) is 12.7 Å². The molecule has 0 saturated heterocycles. The molecule has 2 nitrogen and oxygen atoms in total. The van der Waals surface area contributed by atoms with Crippen molar-refractivity contribution in [3.63, 3.8) is 0 Å². The molecule has 2 aromatic rings. The van der Waals surface area contributed by atoms with Gasteiger partial charge in [0, 0.05) is 5.02 Å². The van der Waals surface area contributed by atoms with Crippen LogP contribution in [0.1, 0.15) is 11.3 Å². The van der Waals surface area contributed by atoms with Crippen molar-refractivity contribution < 1.29 is 13.2 Å². The highest BCUT2D eigenvalue weighted by Gasteiger charge is 2.37. The summed E-state index contributed by atoms with van der Waals surface area (Å²) in [5.41, 5.74) is -0.234. The summed E-state index contributed by atoms with van der Waals surface area (Å²) >= 11 is 8.76. The first kappa shape index (κ1) is 13.4. The van der Waals surface area contributed by atoms with E-state index in [-0.39, 0.29) is 11.0 Å². The quantitative estimate of drug-likeness (QED) is 0.794. The zero-order chi connectivity index (χ0) is 13.3. The molecule has 0 aliphatic rings. The Labute approximate surface area is 114 Å². The van der Waals surface area contributed by atoms with Gasteiger partial charge in [-0.2, -0.15) is 18.3 Å². The average molecular weight is 340 g/mol. The average Bonchev–Trinajstić information content (AvgIpc) is 2.62. The number of hydrogen-bond acceptors (Lipinski definition) is 1. The number of hydrogen-bond donors (Lipinski definition) is 0. The van der Waals surface area contributed by atoms with Gasteiger partial charge in [-0.1, -0.05) is 29.8 Å². The number of benzene rings is 1. The molecular weight excluding hydrogens is 332 g/mol. The summed E-state index contributed by atoms with van der Waals surface area (Å²) < 4.78 is 39.3. The minimum atomic E-state index is -4.46. The van der Waals surface area contributed by atoms with E-state index in [0.29, 0.717) is 10.6 Å². The van der Waals surface area contributed by atoms with Gasteiger partial charge in [0.15, 0.2) is 5.69 Å². The molecule has 1 aromatic heterocycles. The van der Waals surface area contributed by atoms with Crippen LogP contribution >= 0.6 is 27.5 Å². The minimum absolute atomic E-state index is 0.0277. The predicted octanol–water partition coefficient (Wildman–Crippen LogP) is 4.37. The maximum absolute atomic E-state index is 12.8. The largest absolute Gasteiger partial charge is 0.434 e. The zero-order valence-corrected chi connectivity index (χ0v) is 11.2. The molecule has 0 unspecified atom stereocenters. The molecule has 18 heavy (non-hydrogen) atoms. The number of rotatable bonds is 2. The molecule has 96 valence electrons. The maximum Gasteiger partial charge on any atom is 0.434 e. The SMILES string of the molecule is FC(F)(F)c1c(Br)cnn1Cc1ccccc1Cl. The Morgan fingerprint density at radius 1 is 1.28 bits per heavy atom. The lowest BCUT2D eigenvalue weighted by atomic mass is 10.2. The molecule has 0 aliphatic carbocycles. The molecule has 7 heteroatoms. The first-order valence-corrected chi connectivity index (χ1v) is 6.08. The highest BCUT2D eigenvalue weighted by Crippen LogP contribution is 2.35. The molecule has 0 atom stereocenters. The molecule has 0 saturated carbocycles. The van der Waals surface area contributed by atoms with Gasteiger partial charge in [-0.25, -0.2) is 0 Å². The van der Waals surface area contributed by atoms with E-state index in [0.717, 1.165) is 10.9 Å². The molecule has 0 N–H and O–H groups in total. The van der Waals surface area contributed by atoms with Crippen LogP contribution in [0.25, 0.3) is 0 Å². The Bertz CT molecular complexity index is 566. The van der Waals surface area contributed by atoms with Crippen molar-refractivity contribution in [3.05, 3.63) is 51.2 Å². The van der Waals surface area contributed by atoms with Gasteiger partial charge in [-0.05, 0) is 27.6 Å². The zero-order valence-electron chi connectivity index (χ0n) is 8.88. The van der Waals surface area contributed by atoms with Gasteiger partial charge in [-0.15, -0.1) is 0 Å². The summed E-state index contributed by atoms with van der Waals surface area (Å²) in [5.74, 6) is 0. The van der Waals surface area contributed by atoms with Crippen molar-refractivity contribution in [1.82, 2.24) is 9.78 Å². The van der Waals surface area contributed by atoms with E-state index in [1.165, 1.54) is 0 Å². The topological polar surface area (TPSA) is 17.8 Å². The normalized spacial score (nSPS) is 11.8. The van der Waals surface area contributed by atoms with E-state index in [4.69, 9.17) is 11.6 Å².